The Bertz CT molecular complexity index is 839. The Hall–Kier alpha value is -2.18. The summed E-state index contributed by atoms with van der Waals surface area (Å²) in [5.74, 6) is 0.803. The molecule has 7 heteroatoms. The molecule has 0 spiro atoms. The van der Waals surface area contributed by atoms with Gasteiger partial charge in [0.2, 0.25) is 0 Å². The molecule has 1 saturated heterocycles. The summed E-state index contributed by atoms with van der Waals surface area (Å²) in [6, 6.07) is 12.8. The molecule has 1 aromatic carbocycles. The van der Waals surface area contributed by atoms with Crippen LogP contribution in [0.1, 0.15) is 28.9 Å². The average molecular weight is 375 g/mol. The summed E-state index contributed by atoms with van der Waals surface area (Å²) in [6.45, 7) is 1.80. The number of carbonyl (C=O) groups is 1. The zero-order valence-corrected chi connectivity index (χ0v) is 15.3. The lowest BCUT2D eigenvalue weighted by atomic mass is 9.98. The van der Waals surface area contributed by atoms with Crippen LogP contribution >= 0.6 is 12.4 Å². The van der Waals surface area contributed by atoms with Gasteiger partial charge >= 0.3 is 0 Å². The Morgan fingerprint density at radius 3 is 2.62 bits per heavy atom. The van der Waals surface area contributed by atoms with Crippen molar-refractivity contribution < 1.29 is 4.79 Å². The van der Waals surface area contributed by atoms with Crippen molar-refractivity contribution in [2.75, 3.05) is 13.1 Å². The van der Waals surface area contributed by atoms with Crippen LogP contribution in [0.2, 0.25) is 0 Å². The van der Waals surface area contributed by atoms with Gasteiger partial charge < -0.3 is 10.6 Å². The van der Waals surface area contributed by atoms with Gasteiger partial charge in [-0.2, -0.15) is 5.10 Å². The lowest BCUT2D eigenvalue weighted by Crippen LogP contribution is -2.35. The van der Waals surface area contributed by atoms with E-state index in [2.05, 4.69) is 5.10 Å². The fraction of sp³-hybridized carbons (Fsp3) is 0.421. The predicted molar refractivity (Wildman–Crippen MR) is 101 cm³/mol. The first-order valence-electron chi connectivity index (χ1n) is 8.79. The second kappa shape index (κ2) is 7.60. The van der Waals surface area contributed by atoms with E-state index in [1.54, 1.807) is 0 Å². The first kappa shape index (κ1) is 18.6. The fourth-order valence-corrected chi connectivity index (χ4v) is 4.07. The molecule has 138 valence electrons. The van der Waals surface area contributed by atoms with Gasteiger partial charge in [0.15, 0.2) is 0 Å². The van der Waals surface area contributed by atoms with E-state index in [1.165, 1.54) is 16.8 Å². The van der Waals surface area contributed by atoms with E-state index in [1.807, 2.05) is 35.2 Å². The van der Waals surface area contributed by atoms with Crippen molar-refractivity contribution in [3.8, 4) is 0 Å². The van der Waals surface area contributed by atoms with Gasteiger partial charge in [-0.25, -0.2) is 4.68 Å². The number of fused-ring (bicyclic) bond motifs is 1. The molecule has 3 unspecified atom stereocenters. The molecule has 1 amide bonds. The van der Waals surface area contributed by atoms with Crippen molar-refractivity contribution in [2.24, 2.45) is 17.6 Å². The van der Waals surface area contributed by atoms with Gasteiger partial charge in [-0.1, -0.05) is 30.3 Å². The van der Waals surface area contributed by atoms with E-state index in [0.717, 1.165) is 24.9 Å². The van der Waals surface area contributed by atoms with Crippen LogP contribution in [0.5, 0.6) is 0 Å². The molecule has 3 atom stereocenters. The first-order valence-corrected chi connectivity index (χ1v) is 8.79. The first-order chi connectivity index (χ1) is 12.1. The number of carbonyl (C=O) groups excluding carboxylic acids is 1. The molecule has 1 saturated carbocycles. The second-order valence-corrected chi connectivity index (χ2v) is 7.08. The maximum Gasteiger partial charge on any atom is 0.274 e. The molecule has 1 aromatic heterocycles. The zero-order valence-electron chi connectivity index (χ0n) is 14.5. The monoisotopic (exact) mass is 374 g/mol. The van der Waals surface area contributed by atoms with Crippen molar-refractivity contribution in [1.82, 2.24) is 14.7 Å². The van der Waals surface area contributed by atoms with Crippen molar-refractivity contribution in [1.29, 1.82) is 0 Å². The van der Waals surface area contributed by atoms with Crippen LogP contribution in [0.4, 0.5) is 0 Å². The Kier molecular flexibility index (Phi) is 5.44. The Morgan fingerprint density at radius 1 is 1.12 bits per heavy atom. The van der Waals surface area contributed by atoms with E-state index in [-0.39, 0.29) is 29.9 Å². The fourth-order valence-electron chi connectivity index (χ4n) is 4.07. The predicted octanol–water partition coefficient (Wildman–Crippen LogP) is 1.52. The van der Waals surface area contributed by atoms with Crippen LogP contribution in [0.15, 0.2) is 47.3 Å². The van der Waals surface area contributed by atoms with Gasteiger partial charge in [-0.05, 0) is 36.3 Å². The number of nitrogens with two attached hydrogens (primary N) is 1. The lowest BCUT2D eigenvalue weighted by Gasteiger charge is -2.18. The number of nitrogens with zero attached hydrogens (tertiary/aromatic N) is 3. The molecule has 26 heavy (non-hydrogen) atoms. The molecule has 1 aliphatic heterocycles. The third kappa shape index (κ3) is 3.52. The third-order valence-corrected chi connectivity index (χ3v) is 5.46. The molecule has 2 N–H and O–H groups in total. The highest BCUT2D eigenvalue weighted by molar-refractivity contribution is 5.92. The molecule has 2 aromatic rings. The van der Waals surface area contributed by atoms with Gasteiger partial charge in [-0.3, -0.25) is 9.59 Å². The third-order valence-electron chi connectivity index (χ3n) is 5.46. The van der Waals surface area contributed by atoms with E-state index in [4.69, 9.17) is 5.73 Å². The van der Waals surface area contributed by atoms with Crippen LogP contribution in [0, 0.1) is 11.8 Å². The number of halogens is 1. The summed E-state index contributed by atoms with van der Waals surface area (Å²) in [7, 11) is 0. The number of hydrogen-bond donors (Lipinski definition) is 1. The number of likely N-dealkylation sites (tertiary alicyclic amines) is 1. The van der Waals surface area contributed by atoms with Crippen molar-refractivity contribution >= 4 is 18.3 Å². The van der Waals surface area contributed by atoms with Crippen LogP contribution in [-0.2, 0) is 6.54 Å². The average Bonchev–Trinajstić information content (AvgIpc) is 3.19. The molecule has 2 fully saturated rings. The maximum atomic E-state index is 12.8. The summed E-state index contributed by atoms with van der Waals surface area (Å²) < 4.78 is 1.35. The number of aromatic nitrogens is 2. The van der Waals surface area contributed by atoms with Crippen molar-refractivity contribution in [2.45, 2.75) is 25.4 Å². The van der Waals surface area contributed by atoms with E-state index >= 15 is 0 Å². The molecular formula is C19H23ClN4O2. The smallest absolute Gasteiger partial charge is 0.274 e. The van der Waals surface area contributed by atoms with E-state index in [9.17, 15) is 9.59 Å². The maximum absolute atomic E-state index is 12.8. The van der Waals surface area contributed by atoms with Crippen LogP contribution < -0.4 is 11.3 Å². The molecule has 0 radical (unpaired) electrons. The van der Waals surface area contributed by atoms with Gasteiger partial charge in [0.05, 0.1) is 6.54 Å². The van der Waals surface area contributed by atoms with Crippen molar-refractivity contribution in [3.63, 3.8) is 0 Å². The van der Waals surface area contributed by atoms with Gasteiger partial charge in [0, 0.05) is 25.2 Å². The number of benzene rings is 1. The van der Waals surface area contributed by atoms with E-state index < -0.39 is 0 Å². The Morgan fingerprint density at radius 2 is 1.88 bits per heavy atom. The SMILES string of the molecule is Cl.NC1CCC2CN(C(=O)c3ccc(=O)n(Cc4ccccc4)n3)CC12. The van der Waals surface area contributed by atoms with Crippen LogP contribution in [0.25, 0.3) is 0 Å². The molecular weight excluding hydrogens is 352 g/mol. The number of rotatable bonds is 3. The van der Waals surface area contributed by atoms with Crippen molar-refractivity contribution in [3.05, 3.63) is 64.1 Å². The zero-order chi connectivity index (χ0) is 17.4. The highest BCUT2D eigenvalue weighted by Gasteiger charge is 2.42. The minimum absolute atomic E-state index is 0. The Labute approximate surface area is 158 Å². The second-order valence-electron chi connectivity index (χ2n) is 7.08. The minimum Gasteiger partial charge on any atom is -0.337 e. The van der Waals surface area contributed by atoms with Crippen LogP contribution in [0.3, 0.4) is 0 Å². The topological polar surface area (TPSA) is 81.2 Å². The van der Waals surface area contributed by atoms with E-state index in [0.29, 0.717) is 30.6 Å². The molecule has 2 aliphatic rings. The summed E-state index contributed by atoms with van der Waals surface area (Å²) in [6.07, 6.45) is 2.15. The molecule has 1 aliphatic carbocycles. The quantitative estimate of drug-likeness (QED) is 0.883. The molecule has 4 rings (SSSR count). The summed E-state index contributed by atoms with van der Waals surface area (Å²) >= 11 is 0. The summed E-state index contributed by atoms with van der Waals surface area (Å²) in [5, 5.41) is 4.31. The number of hydrogen-bond acceptors (Lipinski definition) is 4. The normalized spacial score (nSPS) is 24.2. The standard InChI is InChI=1S/C19H22N4O2.ClH/c20-16-7-6-14-11-22(12-15(14)16)19(25)17-8-9-18(24)23(21-17)10-13-4-2-1-3-5-13;/h1-5,8-9,14-16H,6-7,10-12,20H2;1H. The largest absolute Gasteiger partial charge is 0.337 e. The minimum atomic E-state index is -0.208. The lowest BCUT2D eigenvalue weighted by molar-refractivity contribution is 0.0771. The Balaban J connectivity index is 0.00000196. The van der Waals surface area contributed by atoms with Gasteiger partial charge in [0.25, 0.3) is 11.5 Å². The van der Waals surface area contributed by atoms with Crippen LogP contribution in [-0.4, -0.2) is 39.7 Å². The highest BCUT2D eigenvalue weighted by Crippen LogP contribution is 2.37. The molecule has 6 nitrogen and oxygen atoms in total. The van der Waals surface area contributed by atoms with Gasteiger partial charge in [-0.15, -0.1) is 12.4 Å². The summed E-state index contributed by atoms with van der Waals surface area (Å²) in [5.41, 5.74) is 7.24. The molecule has 0 bridgehead atoms. The van der Waals surface area contributed by atoms with Gasteiger partial charge in [0.1, 0.15) is 5.69 Å². The summed E-state index contributed by atoms with van der Waals surface area (Å²) in [4.78, 5) is 26.7. The highest BCUT2D eigenvalue weighted by atomic mass is 35.5. The molecule has 2 heterocycles. The number of amides is 1.